The van der Waals surface area contributed by atoms with Gasteiger partial charge >= 0.3 is 0 Å². The zero-order valence-corrected chi connectivity index (χ0v) is 9.42. The molecular weight excluding hydrogens is 280 g/mol. The molecule has 1 rings (SSSR count). The highest BCUT2D eigenvalue weighted by atomic mass is 79.9. The van der Waals surface area contributed by atoms with Gasteiger partial charge in [0, 0.05) is 16.7 Å². The molecule has 0 aliphatic rings. The Morgan fingerprint density at radius 3 is 2.81 bits per heavy atom. The Balaban J connectivity index is 3.37. The molecule has 0 spiro atoms. The third-order valence-electron chi connectivity index (χ3n) is 1.76. The lowest BCUT2D eigenvalue weighted by atomic mass is 10.1. The summed E-state index contributed by atoms with van der Waals surface area (Å²) in [6, 6.07) is 3.62. The molecule has 7 nitrogen and oxygen atoms in total. The lowest BCUT2D eigenvalue weighted by Crippen LogP contribution is -2.04. The molecular formula is C8H5BrN4O3. The van der Waals surface area contributed by atoms with Gasteiger partial charge in [-0.05, 0) is 17.7 Å². The van der Waals surface area contributed by atoms with Crippen molar-refractivity contribution in [2.45, 2.75) is 0 Å². The van der Waals surface area contributed by atoms with Crippen molar-refractivity contribution < 1.29 is 9.72 Å². The number of benzene rings is 1. The normalized spacial score (nSPS) is 9.31. The van der Waals surface area contributed by atoms with Gasteiger partial charge in [-0.2, -0.15) is 0 Å². The molecule has 0 aromatic heterocycles. The summed E-state index contributed by atoms with van der Waals surface area (Å²) in [5.41, 5.74) is 8.00. The minimum Gasteiger partial charge on any atom is -0.293 e. The summed E-state index contributed by atoms with van der Waals surface area (Å²) in [5.74, 6) is -0.443. The van der Waals surface area contributed by atoms with Gasteiger partial charge < -0.3 is 0 Å². The van der Waals surface area contributed by atoms with Crippen molar-refractivity contribution in [2.75, 3.05) is 5.33 Å². The number of hydrogen-bond donors (Lipinski definition) is 0. The molecule has 0 fully saturated rings. The number of carbonyl (C=O) groups excluding carboxylic acids is 1. The van der Waals surface area contributed by atoms with Crippen molar-refractivity contribution in [2.24, 2.45) is 5.11 Å². The minimum absolute atomic E-state index is 0.0342. The van der Waals surface area contributed by atoms with Gasteiger partial charge in [0.15, 0.2) is 5.78 Å². The fraction of sp³-hybridized carbons (Fsp3) is 0.125. The molecule has 1 aromatic carbocycles. The van der Waals surface area contributed by atoms with E-state index in [1.807, 2.05) is 0 Å². The van der Waals surface area contributed by atoms with E-state index in [1.165, 1.54) is 12.1 Å². The van der Waals surface area contributed by atoms with E-state index >= 15 is 0 Å². The van der Waals surface area contributed by atoms with Crippen LogP contribution in [0.25, 0.3) is 10.4 Å². The Morgan fingerprint density at radius 1 is 1.62 bits per heavy atom. The number of nitro groups is 1. The van der Waals surface area contributed by atoms with Crippen molar-refractivity contribution >= 4 is 33.1 Å². The first kappa shape index (κ1) is 12.2. The molecule has 0 aliphatic carbocycles. The zero-order chi connectivity index (χ0) is 12.1. The summed E-state index contributed by atoms with van der Waals surface area (Å²) < 4.78 is 0. The molecule has 0 saturated heterocycles. The highest BCUT2D eigenvalue weighted by molar-refractivity contribution is 9.09. The smallest absolute Gasteiger partial charge is 0.280 e. The average molecular weight is 285 g/mol. The molecule has 0 heterocycles. The number of hydrogen-bond acceptors (Lipinski definition) is 4. The van der Waals surface area contributed by atoms with Crippen LogP contribution in [0, 0.1) is 10.1 Å². The monoisotopic (exact) mass is 284 g/mol. The van der Waals surface area contributed by atoms with Crippen LogP contribution in [0.3, 0.4) is 0 Å². The van der Waals surface area contributed by atoms with Crippen molar-refractivity contribution in [3.05, 3.63) is 44.3 Å². The van der Waals surface area contributed by atoms with E-state index in [2.05, 4.69) is 26.0 Å². The second kappa shape index (κ2) is 5.24. The van der Waals surface area contributed by atoms with Gasteiger partial charge in [-0.15, -0.1) is 0 Å². The van der Waals surface area contributed by atoms with Crippen LogP contribution >= 0.6 is 15.9 Å². The number of alkyl halides is 1. The van der Waals surface area contributed by atoms with Crippen molar-refractivity contribution in [1.29, 1.82) is 0 Å². The predicted octanol–water partition coefficient (Wildman–Crippen LogP) is 3.11. The Labute approximate surface area is 98.0 Å². The SMILES string of the molecule is [N-]=[N+]=Nc1ccc([N+](=O)[O-])c(C(=O)CBr)c1. The van der Waals surface area contributed by atoms with Crippen LogP contribution in [0.2, 0.25) is 0 Å². The minimum atomic E-state index is -0.657. The lowest BCUT2D eigenvalue weighted by molar-refractivity contribution is -0.385. The number of carbonyl (C=O) groups is 1. The zero-order valence-electron chi connectivity index (χ0n) is 7.83. The molecule has 8 heteroatoms. The Kier molecular flexibility index (Phi) is 3.98. The van der Waals surface area contributed by atoms with Gasteiger partial charge in [-0.3, -0.25) is 14.9 Å². The molecule has 1 aromatic rings. The fourth-order valence-electron chi connectivity index (χ4n) is 1.09. The first-order valence-corrected chi connectivity index (χ1v) is 5.15. The molecule has 82 valence electrons. The molecule has 0 atom stereocenters. The van der Waals surface area contributed by atoms with Crippen LogP contribution in [-0.4, -0.2) is 16.0 Å². The molecule has 0 bridgehead atoms. The molecule has 0 aliphatic heterocycles. The van der Waals surface area contributed by atoms with E-state index in [9.17, 15) is 14.9 Å². The highest BCUT2D eigenvalue weighted by Crippen LogP contribution is 2.25. The maximum absolute atomic E-state index is 11.4. The summed E-state index contributed by atoms with van der Waals surface area (Å²) in [7, 11) is 0. The van der Waals surface area contributed by atoms with Crippen LogP contribution in [0.1, 0.15) is 10.4 Å². The molecule has 0 radical (unpaired) electrons. The first-order valence-electron chi connectivity index (χ1n) is 4.03. The maximum Gasteiger partial charge on any atom is 0.280 e. The first-order chi connectivity index (χ1) is 7.60. The Bertz CT molecular complexity index is 496. The van der Waals surface area contributed by atoms with Gasteiger partial charge in [0.05, 0.1) is 15.8 Å². The van der Waals surface area contributed by atoms with Crippen molar-refractivity contribution in [1.82, 2.24) is 0 Å². The van der Waals surface area contributed by atoms with Crippen molar-refractivity contribution in [3.63, 3.8) is 0 Å². The molecule has 0 amide bonds. The van der Waals surface area contributed by atoms with E-state index in [1.54, 1.807) is 0 Å². The predicted molar refractivity (Wildman–Crippen MR) is 60.0 cm³/mol. The fourth-order valence-corrected chi connectivity index (χ4v) is 1.39. The largest absolute Gasteiger partial charge is 0.293 e. The lowest BCUT2D eigenvalue weighted by Gasteiger charge is -2.00. The van der Waals surface area contributed by atoms with E-state index in [0.29, 0.717) is 0 Å². The number of nitro benzene ring substituents is 1. The Morgan fingerprint density at radius 2 is 2.31 bits per heavy atom. The van der Waals surface area contributed by atoms with E-state index < -0.39 is 10.7 Å². The Hall–Kier alpha value is -1.92. The molecule has 0 saturated carbocycles. The standard InChI is InChI=1S/C8H5BrN4O3/c9-4-8(14)6-3-5(11-12-10)1-2-7(6)13(15)16/h1-3H,4H2. The van der Waals surface area contributed by atoms with Gasteiger partial charge in [0.25, 0.3) is 5.69 Å². The number of Topliss-reactive ketones (excluding diaryl/α,β-unsaturated/α-hetero) is 1. The van der Waals surface area contributed by atoms with Crippen LogP contribution in [0.4, 0.5) is 11.4 Å². The third kappa shape index (κ3) is 2.56. The van der Waals surface area contributed by atoms with Crippen molar-refractivity contribution in [3.8, 4) is 0 Å². The van der Waals surface area contributed by atoms with Crippen LogP contribution in [0.15, 0.2) is 23.3 Å². The number of rotatable bonds is 4. The van der Waals surface area contributed by atoms with E-state index in [4.69, 9.17) is 5.53 Å². The summed E-state index contributed by atoms with van der Waals surface area (Å²) in [6.45, 7) is 0. The molecule has 16 heavy (non-hydrogen) atoms. The quantitative estimate of drug-likeness (QED) is 0.161. The second-order valence-electron chi connectivity index (χ2n) is 2.70. The van der Waals surface area contributed by atoms with Gasteiger partial charge in [-0.1, -0.05) is 21.0 Å². The number of ketones is 1. The van der Waals surface area contributed by atoms with Crippen LogP contribution in [-0.2, 0) is 0 Å². The molecule has 0 N–H and O–H groups in total. The van der Waals surface area contributed by atoms with Gasteiger partial charge in [-0.25, -0.2) is 0 Å². The summed E-state index contributed by atoms with van der Waals surface area (Å²) >= 11 is 2.92. The second-order valence-corrected chi connectivity index (χ2v) is 3.27. The summed E-state index contributed by atoms with van der Waals surface area (Å²) in [4.78, 5) is 23.9. The molecule has 0 unspecified atom stereocenters. The van der Waals surface area contributed by atoms with E-state index in [0.717, 1.165) is 6.07 Å². The van der Waals surface area contributed by atoms with E-state index in [-0.39, 0.29) is 22.3 Å². The summed E-state index contributed by atoms with van der Waals surface area (Å²) in [6.07, 6.45) is 0. The van der Waals surface area contributed by atoms with Gasteiger partial charge in [0.2, 0.25) is 0 Å². The third-order valence-corrected chi connectivity index (χ3v) is 2.27. The van der Waals surface area contributed by atoms with Gasteiger partial charge in [0.1, 0.15) is 0 Å². The highest BCUT2D eigenvalue weighted by Gasteiger charge is 2.19. The van der Waals surface area contributed by atoms with Crippen LogP contribution < -0.4 is 0 Å². The number of azide groups is 1. The number of halogens is 1. The van der Waals surface area contributed by atoms with Crippen LogP contribution in [0.5, 0.6) is 0 Å². The summed E-state index contributed by atoms with van der Waals surface area (Å²) in [5, 5.41) is 13.9. The average Bonchev–Trinajstić information content (AvgIpc) is 2.28. The number of nitrogens with zero attached hydrogens (tertiary/aromatic N) is 4. The maximum atomic E-state index is 11.4. The topological polar surface area (TPSA) is 109 Å².